The van der Waals surface area contributed by atoms with E-state index >= 15 is 0 Å². The third kappa shape index (κ3) is 3.41. The summed E-state index contributed by atoms with van der Waals surface area (Å²) in [6.07, 6.45) is 2.07. The number of non-ortho nitro benzene ring substituents is 1. The van der Waals surface area contributed by atoms with Crippen LogP contribution in [0.3, 0.4) is 0 Å². The van der Waals surface area contributed by atoms with E-state index in [-0.39, 0.29) is 23.7 Å². The lowest BCUT2D eigenvalue weighted by molar-refractivity contribution is -0.384. The van der Waals surface area contributed by atoms with E-state index in [0.717, 1.165) is 11.1 Å². The molecular weight excluding hydrogens is 406 g/mol. The van der Waals surface area contributed by atoms with E-state index in [4.69, 9.17) is 0 Å². The third-order valence-corrected chi connectivity index (χ3v) is 5.74. The fraction of sp³-hybridized carbons (Fsp3) is 0.125. The van der Waals surface area contributed by atoms with Crippen molar-refractivity contribution in [1.82, 2.24) is 14.8 Å². The van der Waals surface area contributed by atoms with Gasteiger partial charge in [-0.2, -0.15) is 10.1 Å². The molecule has 158 valence electrons. The van der Waals surface area contributed by atoms with E-state index < -0.39 is 4.92 Å². The molecule has 0 unspecified atom stereocenters. The average Bonchev–Trinajstić information content (AvgIpc) is 3.33. The molecular formula is C24H19N5O3. The van der Waals surface area contributed by atoms with Crippen LogP contribution in [-0.2, 0) is 0 Å². The summed E-state index contributed by atoms with van der Waals surface area (Å²) in [5, 5.41) is 15.4. The van der Waals surface area contributed by atoms with Gasteiger partial charge in [-0.3, -0.25) is 19.8 Å². The van der Waals surface area contributed by atoms with Gasteiger partial charge in [-0.05, 0) is 29.7 Å². The molecule has 1 aliphatic heterocycles. The number of benzene rings is 3. The van der Waals surface area contributed by atoms with Crippen LogP contribution in [0.1, 0.15) is 40.0 Å². The molecule has 3 aromatic carbocycles. The van der Waals surface area contributed by atoms with Gasteiger partial charge in [-0.25, -0.2) is 4.68 Å². The minimum atomic E-state index is -0.483. The number of nitro benzene ring substituents is 1. The Bertz CT molecular complexity index is 1260. The van der Waals surface area contributed by atoms with Gasteiger partial charge in [0.1, 0.15) is 6.33 Å². The molecule has 8 nitrogen and oxygen atoms in total. The quantitative estimate of drug-likeness (QED) is 0.353. The van der Waals surface area contributed by atoms with Gasteiger partial charge in [0.15, 0.2) is 0 Å². The third-order valence-electron chi connectivity index (χ3n) is 5.74. The molecule has 0 saturated heterocycles. The Labute approximate surface area is 183 Å². The molecule has 1 amide bonds. The Morgan fingerprint density at radius 3 is 2.06 bits per heavy atom. The number of hydrogen-bond donors (Lipinski definition) is 0. The summed E-state index contributed by atoms with van der Waals surface area (Å²) >= 11 is 0. The zero-order valence-corrected chi connectivity index (χ0v) is 17.0. The summed E-state index contributed by atoms with van der Waals surface area (Å²) in [5.74, 6) is 0.164. The monoisotopic (exact) mass is 425 g/mol. The maximum absolute atomic E-state index is 13.6. The van der Waals surface area contributed by atoms with Crippen LogP contribution in [0.5, 0.6) is 0 Å². The van der Waals surface area contributed by atoms with E-state index in [1.807, 2.05) is 60.7 Å². The number of fused-ring (bicyclic) bond motifs is 1. The molecule has 1 aromatic heterocycles. The van der Waals surface area contributed by atoms with Crippen molar-refractivity contribution in [1.29, 1.82) is 0 Å². The van der Waals surface area contributed by atoms with Crippen molar-refractivity contribution in [3.8, 4) is 0 Å². The second-order valence-electron chi connectivity index (χ2n) is 7.57. The standard InChI is InChI=1S/C24H19N5O3/c30-23(19-11-13-20(14-12-19)29(31)32)27-21(17-7-3-1-4-8-17)15-22(18-9-5-2-6-10-18)28-24(27)25-16-26-28/h1-14,16,21-22H,15H2/t21-,22+/m1/s1. The first-order chi connectivity index (χ1) is 15.6. The highest BCUT2D eigenvalue weighted by atomic mass is 16.6. The van der Waals surface area contributed by atoms with Gasteiger partial charge in [0.25, 0.3) is 11.6 Å². The molecule has 4 aromatic rings. The van der Waals surface area contributed by atoms with E-state index in [1.165, 1.54) is 30.6 Å². The van der Waals surface area contributed by atoms with Gasteiger partial charge < -0.3 is 0 Å². The molecule has 0 radical (unpaired) electrons. The number of nitro groups is 1. The number of aromatic nitrogens is 3. The number of carbonyl (C=O) groups excluding carboxylic acids is 1. The van der Waals surface area contributed by atoms with Crippen LogP contribution in [0.4, 0.5) is 11.6 Å². The first-order valence-electron chi connectivity index (χ1n) is 10.2. The Hall–Kier alpha value is -4.33. The summed E-state index contributed by atoms with van der Waals surface area (Å²) in [6.45, 7) is 0. The molecule has 0 N–H and O–H groups in total. The van der Waals surface area contributed by atoms with E-state index in [1.54, 1.807) is 9.58 Å². The Balaban J connectivity index is 1.61. The van der Waals surface area contributed by atoms with Crippen molar-refractivity contribution in [2.24, 2.45) is 0 Å². The van der Waals surface area contributed by atoms with Gasteiger partial charge in [0.05, 0.1) is 17.0 Å². The maximum atomic E-state index is 13.6. The normalized spacial score (nSPS) is 17.6. The molecule has 2 heterocycles. The number of anilines is 1. The first-order valence-corrected chi connectivity index (χ1v) is 10.2. The van der Waals surface area contributed by atoms with E-state index in [2.05, 4.69) is 10.1 Å². The van der Waals surface area contributed by atoms with Gasteiger partial charge in [0, 0.05) is 17.7 Å². The van der Waals surface area contributed by atoms with Crippen molar-refractivity contribution in [2.45, 2.75) is 18.5 Å². The topological polar surface area (TPSA) is 94.2 Å². The van der Waals surface area contributed by atoms with Crippen LogP contribution in [0.15, 0.2) is 91.3 Å². The molecule has 8 heteroatoms. The molecule has 0 bridgehead atoms. The van der Waals surface area contributed by atoms with Crippen molar-refractivity contribution in [3.05, 3.63) is 118 Å². The predicted octanol–water partition coefficient (Wildman–Crippen LogP) is 4.57. The second kappa shape index (κ2) is 8.07. The first kappa shape index (κ1) is 19.6. The minimum absolute atomic E-state index is 0.0629. The predicted molar refractivity (Wildman–Crippen MR) is 118 cm³/mol. The zero-order chi connectivity index (χ0) is 22.1. The molecule has 0 aliphatic carbocycles. The average molecular weight is 425 g/mol. The summed E-state index contributed by atoms with van der Waals surface area (Å²) in [6, 6.07) is 25.1. The maximum Gasteiger partial charge on any atom is 0.269 e. The number of nitrogens with zero attached hydrogens (tertiary/aromatic N) is 5. The van der Waals surface area contributed by atoms with Crippen molar-refractivity contribution in [2.75, 3.05) is 4.90 Å². The minimum Gasteiger partial charge on any atom is -0.269 e. The molecule has 0 spiro atoms. The second-order valence-corrected chi connectivity index (χ2v) is 7.57. The fourth-order valence-corrected chi connectivity index (χ4v) is 4.20. The van der Waals surface area contributed by atoms with Gasteiger partial charge in [0.2, 0.25) is 5.95 Å². The molecule has 2 atom stereocenters. The van der Waals surface area contributed by atoms with Crippen molar-refractivity contribution in [3.63, 3.8) is 0 Å². The number of amides is 1. The summed E-state index contributed by atoms with van der Waals surface area (Å²) in [5.41, 5.74) is 2.36. The molecule has 5 rings (SSSR count). The van der Waals surface area contributed by atoms with Gasteiger partial charge in [-0.15, -0.1) is 0 Å². The summed E-state index contributed by atoms with van der Waals surface area (Å²) < 4.78 is 1.78. The van der Waals surface area contributed by atoms with E-state index in [0.29, 0.717) is 17.9 Å². The van der Waals surface area contributed by atoms with Crippen LogP contribution in [0.25, 0.3) is 0 Å². The Morgan fingerprint density at radius 1 is 0.875 bits per heavy atom. The Morgan fingerprint density at radius 2 is 1.47 bits per heavy atom. The van der Waals surface area contributed by atoms with E-state index in [9.17, 15) is 14.9 Å². The lowest BCUT2D eigenvalue weighted by Gasteiger charge is -2.39. The SMILES string of the molecule is O=C(c1ccc([N+](=O)[O-])cc1)N1c2ncnn2[C@H](c2ccccc2)C[C@@H]1c1ccccc1. The Kier molecular flexibility index (Phi) is 4.95. The summed E-state index contributed by atoms with van der Waals surface area (Å²) in [7, 11) is 0. The summed E-state index contributed by atoms with van der Waals surface area (Å²) in [4.78, 5) is 30.2. The van der Waals surface area contributed by atoms with Crippen LogP contribution < -0.4 is 4.90 Å². The lowest BCUT2D eigenvalue weighted by atomic mass is 9.91. The van der Waals surface area contributed by atoms with Gasteiger partial charge >= 0.3 is 0 Å². The number of hydrogen-bond acceptors (Lipinski definition) is 5. The fourth-order valence-electron chi connectivity index (χ4n) is 4.20. The van der Waals surface area contributed by atoms with Crippen molar-refractivity contribution >= 4 is 17.5 Å². The molecule has 0 saturated carbocycles. The zero-order valence-electron chi connectivity index (χ0n) is 17.0. The van der Waals surface area contributed by atoms with Gasteiger partial charge in [-0.1, -0.05) is 60.7 Å². The molecule has 1 aliphatic rings. The van der Waals surface area contributed by atoms with Crippen LogP contribution in [0.2, 0.25) is 0 Å². The molecule has 0 fully saturated rings. The largest absolute Gasteiger partial charge is 0.269 e. The van der Waals surface area contributed by atoms with Crippen molar-refractivity contribution < 1.29 is 9.72 Å². The number of carbonyl (C=O) groups is 1. The van der Waals surface area contributed by atoms with Crippen LogP contribution in [0, 0.1) is 10.1 Å². The highest BCUT2D eigenvalue weighted by molar-refractivity contribution is 6.06. The lowest BCUT2D eigenvalue weighted by Crippen LogP contribution is -2.42. The smallest absolute Gasteiger partial charge is 0.269 e. The van der Waals surface area contributed by atoms with Crippen LogP contribution in [-0.4, -0.2) is 25.6 Å². The highest BCUT2D eigenvalue weighted by Gasteiger charge is 2.39. The molecule has 32 heavy (non-hydrogen) atoms. The number of rotatable bonds is 4. The van der Waals surface area contributed by atoms with Crippen LogP contribution >= 0.6 is 0 Å². The highest BCUT2D eigenvalue weighted by Crippen LogP contribution is 2.42.